The van der Waals surface area contributed by atoms with Crippen molar-refractivity contribution in [3.8, 4) is 0 Å². The zero-order valence-corrected chi connectivity index (χ0v) is 19.3. The molecule has 1 amide bonds. The Morgan fingerprint density at radius 2 is 1.40 bits per heavy atom. The number of aliphatic hydroxyl groups excluding tert-OH is 1. The van der Waals surface area contributed by atoms with Gasteiger partial charge in [0.25, 0.3) is 0 Å². The Kier molecular flexibility index (Phi) is 16.3. The monoisotopic (exact) mass is 418 g/mol. The molecule has 0 aromatic heterocycles. The molecule has 0 radical (unpaired) electrons. The Bertz CT molecular complexity index is 548. The lowest BCUT2D eigenvalue weighted by molar-refractivity contribution is -0.121. The molecule has 1 rings (SSSR count). The van der Waals surface area contributed by atoms with Gasteiger partial charge in [0.15, 0.2) is 0 Å². The van der Waals surface area contributed by atoms with Gasteiger partial charge in [0, 0.05) is 19.5 Å². The van der Waals surface area contributed by atoms with Crippen molar-refractivity contribution in [3.05, 3.63) is 35.4 Å². The smallest absolute Gasteiger partial charge is 0.220 e. The summed E-state index contributed by atoms with van der Waals surface area (Å²) in [5.74, 6) is 0.138. The summed E-state index contributed by atoms with van der Waals surface area (Å²) in [6.07, 6.45) is 17.0. The van der Waals surface area contributed by atoms with Gasteiger partial charge in [0.1, 0.15) is 0 Å². The van der Waals surface area contributed by atoms with E-state index in [4.69, 9.17) is 5.73 Å². The van der Waals surface area contributed by atoms with Gasteiger partial charge in [-0.1, -0.05) is 102 Å². The molecule has 4 nitrogen and oxygen atoms in total. The van der Waals surface area contributed by atoms with Crippen molar-refractivity contribution in [2.75, 3.05) is 0 Å². The van der Waals surface area contributed by atoms with E-state index < -0.39 is 0 Å². The quantitative estimate of drug-likeness (QED) is 0.241. The first kappa shape index (κ1) is 26.6. The molecule has 0 aliphatic heterocycles. The highest BCUT2D eigenvalue weighted by atomic mass is 16.3. The van der Waals surface area contributed by atoms with E-state index in [1.54, 1.807) is 0 Å². The van der Waals surface area contributed by atoms with Crippen LogP contribution in [0.3, 0.4) is 0 Å². The molecule has 172 valence electrons. The van der Waals surface area contributed by atoms with Crippen molar-refractivity contribution >= 4 is 5.91 Å². The fourth-order valence-corrected chi connectivity index (χ4v) is 3.89. The molecule has 0 saturated heterocycles. The Morgan fingerprint density at radius 1 is 0.867 bits per heavy atom. The van der Waals surface area contributed by atoms with Crippen molar-refractivity contribution in [2.24, 2.45) is 5.73 Å². The maximum atomic E-state index is 12.0. The number of rotatable bonds is 19. The fraction of sp³-hybridized carbons (Fsp3) is 0.731. The van der Waals surface area contributed by atoms with E-state index in [1.807, 2.05) is 24.3 Å². The lowest BCUT2D eigenvalue weighted by Crippen LogP contribution is -2.23. The Balaban J connectivity index is 1.88. The second-order valence-corrected chi connectivity index (χ2v) is 8.62. The summed E-state index contributed by atoms with van der Waals surface area (Å²) < 4.78 is 0. The summed E-state index contributed by atoms with van der Waals surface area (Å²) in [5.41, 5.74) is 7.95. The number of unbranched alkanes of at least 4 members (excludes halogenated alkanes) is 10. The van der Waals surface area contributed by atoms with Gasteiger partial charge in [-0.2, -0.15) is 0 Å². The highest BCUT2D eigenvalue weighted by Crippen LogP contribution is 2.14. The summed E-state index contributed by atoms with van der Waals surface area (Å²) in [7, 11) is 0. The Labute approximate surface area is 185 Å². The molecule has 30 heavy (non-hydrogen) atoms. The highest BCUT2D eigenvalue weighted by Gasteiger charge is 2.05. The van der Waals surface area contributed by atoms with Gasteiger partial charge >= 0.3 is 0 Å². The van der Waals surface area contributed by atoms with Crippen LogP contribution in [0.2, 0.25) is 0 Å². The molecule has 1 atom stereocenters. The van der Waals surface area contributed by atoms with Crippen LogP contribution in [0.25, 0.3) is 0 Å². The molecule has 1 aromatic carbocycles. The zero-order chi connectivity index (χ0) is 21.9. The lowest BCUT2D eigenvalue weighted by Gasteiger charge is -2.10. The van der Waals surface area contributed by atoms with E-state index in [2.05, 4.69) is 12.2 Å². The first-order valence-corrected chi connectivity index (χ1v) is 12.4. The first-order valence-electron chi connectivity index (χ1n) is 12.4. The minimum Gasteiger partial charge on any atom is -0.393 e. The number of carbonyl (C=O) groups excluding carboxylic acids is 1. The predicted octanol–water partition coefficient (Wildman–Crippen LogP) is 5.99. The summed E-state index contributed by atoms with van der Waals surface area (Å²) in [6, 6.07) is 8.00. The average Bonchev–Trinajstić information content (AvgIpc) is 2.76. The molecule has 4 N–H and O–H groups in total. The minimum absolute atomic E-state index is 0.0795. The number of benzene rings is 1. The number of carbonyl (C=O) groups is 1. The van der Waals surface area contributed by atoms with Crippen LogP contribution in [-0.4, -0.2) is 17.1 Å². The SMILES string of the molecule is CCCCCC(O)CCCCCCCCCCCC(=O)NCc1ccccc1CN. The van der Waals surface area contributed by atoms with Gasteiger partial charge in [0.05, 0.1) is 6.10 Å². The second kappa shape index (κ2) is 18.4. The van der Waals surface area contributed by atoms with Crippen LogP contribution in [0.5, 0.6) is 0 Å². The number of hydrogen-bond donors (Lipinski definition) is 3. The van der Waals surface area contributed by atoms with E-state index in [-0.39, 0.29) is 12.0 Å². The predicted molar refractivity (Wildman–Crippen MR) is 127 cm³/mol. The molecule has 0 heterocycles. The van der Waals surface area contributed by atoms with Crippen LogP contribution in [0.4, 0.5) is 0 Å². The van der Waals surface area contributed by atoms with Crippen molar-refractivity contribution in [2.45, 2.75) is 122 Å². The van der Waals surface area contributed by atoms with E-state index >= 15 is 0 Å². The fourth-order valence-electron chi connectivity index (χ4n) is 3.89. The molecule has 0 aliphatic rings. The maximum absolute atomic E-state index is 12.0. The van der Waals surface area contributed by atoms with Crippen LogP contribution in [0.1, 0.15) is 114 Å². The minimum atomic E-state index is -0.0795. The second-order valence-electron chi connectivity index (χ2n) is 8.62. The van der Waals surface area contributed by atoms with Crippen LogP contribution in [0.15, 0.2) is 24.3 Å². The van der Waals surface area contributed by atoms with Crippen LogP contribution in [-0.2, 0) is 17.9 Å². The maximum Gasteiger partial charge on any atom is 0.220 e. The Morgan fingerprint density at radius 3 is 2.00 bits per heavy atom. The number of nitrogens with two attached hydrogens (primary N) is 1. The van der Waals surface area contributed by atoms with Crippen molar-refractivity contribution in [1.82, 2.24) is 5.32 Å². The average molecular weight is 419 g/mol. The van der Waals surface area contributed by atoms with Gasteiger partial charge in [0.2, 0.25) is 5.91 Å². The third-order valence-electron chi connectivity index (χ3n) is 5.90. The van der Waals surface area contributed by atoms with Gasteiger partial charge in [-0.05, 0) is 30.4 Å². The van der Waals surface area contributed by atoms with E-state index in [1.165, 1.54) is 57.8 Å². The topological polar surface area (TPSA) is 75.3 Å². The molecule has 4 heteroatoms. The number of amides is 1. The van der Waals surface area contributed by atoms with E-state index in [0.717, 1.165) is 43.2 Å². The van der Waals surface area contributed by atoms with Crippen molar-refractivity contribution in [1.29, 1.82) is 0 Å². The largest absolute Gasteiger partial charge is 0.393 e. The summed E-state index contributed by atoms with van der Waals surface area (Å²) in [4.78, 5) is 12.0. The molecule has 0 bridgehead atoms. The summed E-state index contributed by atoms with van der Waals surface area (Å²) in [6.45, 7) is 3.28. The summed E-state index contributed by atoms with van der Waals surface area (Å²) in [5, 5.41) is 12.9. The summed E-state index contributed by atoms with van der Waals surface area (Å²) >= 11 is 0. The van der Waals surface area contributed by atoms with E-state index in [0.29, 0.717) is 19.5 Å². The van der Waals surface area contributed by atoms with Crippen LogP contribution in [0, 0.1) is 0 Å². The standard InChI is InChI=1S/C26H46N2O2/c1-2-3-11-18-25(29)19-12-9-7-5-4-6-8-10-13-20-26(30)28-22-24-17-15-14-16-23(24)21-27/h14-17,25,29H,2-13,18-22,27H2,1H3,(H,28,30). The lowest BCUT2D eigenvalue weighted by atomic mass is 10.0. The molecule has 1 aromatic rings. The zero-order valence-electron chi connectivity index (χ0n) is 19.3. The third-order valence-corrected chi connectivity index (χ3v) is 5.90. The number of hydrogen-bond acceptors (Lipinski definition) is 3. The van der Waals surface area contributed by atoms with Crippen LogP contribution < -0.4 is 11.1 Å². The van der Waals surface area contributed by atoms with Crippen LogP contribution >= 0.6 is 0 Å². The first-order chi connectivity index (χ1) is 14.7. The number of aliphatic hydroxyl groups is 1. The normalized spacial score (nSPS) is 12.1. The van der Waals surface area contributed by atoms with Gasteiger partial charge in [-0.15, -0.1) is 0 Å². The van der Waals surface area contributed by atoms with Gasteiger partial charge < -0.3 is 16.2 Å². The van der Waals surface area contributed by atoms with Crippen molar-refractivity contribution < 1.29 is 9.90 Å². The van der Waals surface area contributed by atoms with Gasteiger partial charge in [-0.25, -0.2) is 0 Å². The molecular weight excluding hydrogens is 372 g/mol. The highest BCUT2D eigenvalue weighted by molar-refractivity contribution is 5.75. The van der Waals surface area contributed by atoms with Gasteiger partial charge in [-0.3, -0.25) is 4.79 Å². The molecule has 0 aliphatic carbocycles. The number of nitrogens with one attached hydrogen (secondary N) is 1. The molecule has 0 spiro atoms. The van der Waals surface area contributed by atoms with Crippen molar-refractivity contribution in [3.63, 3.8) is 0 Å². The molecule has 0 fully saturated rings. The molecule has 1 unspecified atom stereocenters. The Hall–Kier alpha value is -1.39. The van der Waals surface area contributed by atoms with E-state index in [9.17, 15) is 9.90 Å². The molecule has 0 saturated carbocycles. The third kappa shape index (κ3) is 13.8. The molecular formula is C26H46N2O2.